The number of amides is 1. The number of hydrogen-bond acceptors (Lipinski definition) is 2. The summed E-state index contributed by atoms with van der Waals surface area (Å²) in [6.07, 6.45) is 3.30. The van der Waals surface area contributed by atoms with Gasteiger partial charge >= 0.3 is 0 Å². The van der Waals surface area contributed by atoms with Crippen LogP contribution in [0.5, 0.6) is 0 Å². The number of benzene rings is 1. The number of rotatable bonds is 4. The van der Waals surface area contributed by atoms with E-state index in [4.69, 9.17) is 5.73 Å². The van der Waals surface area contributed by atoms with Crippen molar-refractivity contribution in [1.82, 2.24) is 4.90 Å². The maximum atomic E-state index is 11.2. The fraction of sp³-hybridized carbons (Fsp3) is 0.462. The van der Waals surface area contributed by atoms with Crippen LogP contribution in [0.15, 0.2) is 30.3 Å². The van der Waals surface area contributed by atoms with E-state index in [1.165, 1.54) is 5.56 Å². The molecule has 1 saturated carbocycles. The average molecular weight is 216 g/mol. The summed E-state index contributed by atoms with van der Waals surface area (Å²) < 4.78 is 0. The van der Waals surface area contributed by atoms with Crippen molar-refractivity contribution in [3.05, 3.63) is 35.9 Å². The maximum Gasteiger partial charge on any atom is 0.236 e. The first kappa shape index (κ1) is 9.85. The van der Waals surface area contributed by atoms with E-state index in [0.29, 0.717) is 0 Å². The normalized spacial score (nSPS) is 29.0. The van der Waals surface area contributed by atoms with E-state index in [-0.39, 0.29) is 17.5 Å². The van der Waals surface area contributed by atoms with Crippen molar-refractivity contribution in [2.75, 3.05) is 6.54 Å². The Morgan fingerprint density at radius 3 is 2.56 bits per heavy atom. The van der Waals surface area contributed by atoms with E-state index in [0.717, 1.165) is 25.8 Å². The highest BCUT2D eigenvalue weighted by Gasteiger charge is 2.72. The van der Waals surface area contributed by atoms with Crippen molar-refractivity contribution in [3.8, 4) is 0 Å². The van der Waals surface area contributed by atoms with Gasteiger partial charge in [-0.3, -0.25) is 9.69 Å². The van der Waals surface area contributed by atoms with Gasteiger partial charge in [0.1, 0.15) is 6.04 Å². The summed E-state index contributed by atoms with van der Waals surface area (Å²) >= 11 is 0. The van der Waals surface area contributed by atoms with E-state index in [1.807, 2.05) is 6.07 Å². The zero-order valence-corrected chi connectivity index (χ0v) is 9.23. The minimum Gasteiger partial charge on any atom is -0.368 e. The van der Waals surface area contributed by atoms with Crippen LogP contribution in [0.3, 0.4) is 0 Å². The van der Waals surface area contributed by atoms with E-state index < -0.39 is 0 Å². The molecule has 2 aliphatic rings. The largest absolute Gasteiger partial charge is 0.368 e. The number of carbonyl (C=O) groups is 1. The van der Waals surface area contributed by atoms with E-state index in [2.05, 4.69) is 29.2 Å². The summed E-state index contributed by atoms with van der Waals surface area (Å²) in [7, 11) is 0. The van der Waals surface area contributed by atoms with Gasteiger partial charge in [-0.25, -0.2) is 0 Å². The Morgan fingerprint density at radius 1 is 1.38 bits per heavy atom. The van der Waals surface area contributed by atoms with Crippen LogP contribution in [0, 0.1) is 0 Å². The molecule has 2 N–H and O–H groups in total. The molecule has 0 aromatic heterocycles. The lowest BCUT2D eigenvalue weighted by Gasteiger charge is -2.03. The van der Waals surface area contributed by atoms with E-state index in [9.17, 15) is 4.79 Å². The Kier molecular flexibility index (Phi) is 2.04. The lowest BCUT2D eigenvalue weighted by Crippen LogP contribution is -2.23. The topological polar surface area (TPSA) is 46.1 Å². The summed E-state index contributed by atoms with van der Waals surface area (Å²) in [4.78, 5) is 13.5. The summed E-state index contributed by atoms with van der Waals surface area (Å²) in [5, 5.41) is 0. The number of nitrogens with zero attached hydrogens (tertiary/aromatic N) is 1. The molecule has 3 nitrogen and oxygen atoms in total. The molecule has 1 heterocycles. The van der Waals surface area contributed by atoms with Gasteiger partial charge in [0.05, 0.1) is 0 Å². The molecule has 1 spiro atoms. The minimum atomic E-state index is -0.148. The molecular formula is C13H16N2O. The van der Waals surface area contributed by atoms with Crippen molar-refractivity contribution < 1.29 is 4.79 Å². The predicted molar refractivity (Wildman–Crippen MR) is 61.8 cm³/mol. The van der Waals surface area contributed by atoms with Crippen LogP contribution in [-0.2, 0) is 11.2 Å². The predicted octanol–water partition coefficient (Wildman–Crippen LogP) is 0.931. The maximum absolute atomic E-state index is 11.2. The van der Waals surface area contributed by atoms with Crippen LogP contribution >= 0.6 is 0 Å². The van der Waals surface area contributed by atoms with Gasteiger partial charge in [0.25, 0.3) is 0 Å². The van der Waals surface area contributed by atoms with Crippen LogP contribution in [0.1, 0.15) is 18.4 Å². The van der Waals surface area contributed by atoms with Crippen LogP contribution in [0.4, 0.5) is 0 Å². The lowest BCUT2D eigenvalue weighted by molar-refractivity contribution is -0.118. The van der Waals surface area contributed by atoms with E-state index >= 15 is 0 Å². The quantitative estimate of drug-likeness (QED) is 0.761. The molecule has 3 heteroatoms. The Balaban J connectivity index is 1.60. The van der Waals surface area contributed by atoms with Gasteiger partial charge in [-0.15, -0.1) is 0 Å². The highest BCUT2D eigenvalue weighted by atomic mass is 16.2. The SMILES string of the molecule is NC(=O)C1N(CCc2ccccc2)C12CC2. The molecule has 1 amide bonds. The summed E-state index contributed by atoms with van der Waals surface area (Å²) in [5.41, 5.74) is 6.91. The second-order valence-corrected chi connectivity index (χ2v) is 4.84. The van der Waals surface area contributed by atoms with Gasteiger partial charge in [-0.1, -0.05) is 30.3 Å². The van der Waals surface area contributed by atoms with Gasteiger partial charge in [-0.05, 0) is 24.8 Å². The van der Waals surface area contributed by atoms with Gasteiger partial charge in [-0.2, -0.15) is 0 Å². The highest BCUT2D eigenvalue weighted by molar-refractivity contribution is 5.86. The molecule has 1 aromatic rings. The van der Waals surface area contributed by atoms with Gasteiger partial charge < -0.3 is 5.73 Å². The molecule has 1 aliphatic carbocycles. The first-order chi connectivity index (χ1) is 7.74. The lowest BCUT2D eigenvalue weighted by atomic mass is 10.1. The molecule has 1 saturated heterocycles. The van der Waals surface area contributed by atoms with Gasteiger partial charge in [0.2, 0.25) is 5.91 Å². The van der Waals surface area contributed by atoms with E-state index in [1.54, 1.807) is 0 Å². The van der Waals surface area contributed by atoms with Crippen molar-refractivity contribution >= 4 is 5.91 Å². The number of nitrogens with two attached hydrogens (primary N) is 1. The minimum absolute atomic E-state index is 0.0243. The summed E-state index contributed by atoms with van der Waals surface area (Å²) in [5.74, 6) is -0.148. The van der Waals surface area contributed by atoms with Crippen molar-refractivity contribution in [1.29, 1.82) is 0 Å². The molecule has 16 heavy (non-hydrogen) atoms. The van der Waals surface area contributed by atoms with Crippen molar-refractivity contribution in [2.45, 2.75) is 30.8 Å². The number of carbonyl (C=O) groups excluding carboxylic acids is 1. The zero-order chi connectivity index (χ0) is 11.2. The molecular weight excluding hydrogens is 200 g/mol. The molecule has 0 bridgehead atoms. The average Bonchev–Trinajstić information content (AvgIpc) is 3.17. The Morgan fingerprint density at radius 2 is 2.06 bits per heavy atom. The summed E-state index contributed by atoms with van der Waals surface area (Å²) in [6, 6.07) is 10.4. The molecule has 2 unspecified atom stereocenters. The fourth-order valence-electron chi connectivity index (χ4n) is 2.79. The number of primary amides is 1. The Hall–Kier alpha value is -1.35. The molecule has 0 radical (unpaired) electrons. The fourth-order valence-corrected chi connectivity index (χ4v) is 2.79. The van der Waals surface area contributed by atoms with Crippen molar-refractivity contribution in [3.63, 3.8) is 0 Å². The summed E-state index contributed by atoms with van der Waals surface area (Å²) in [6.45, 7) is 0.956. The standard InChI is InChI=1S/C13H16N2O/c14-12(16)11-13(7-8-13)15(11)9-6-10-4-2-1-3-5-10/h1-5,11H,6-9H2,(H2,14,16). The molecule has 2 atom stereocenters. The third-order valence-electron chi connectivity index (χ3n) is 3.84. The first-order valence-corrected chi connectivity index (χ1v) is 5.84. The van der Waals surface area contributed by atoms with Crippen molar-refractivity contribution in [2.24, 2.45) is 5.73 Å². The van der Waals surface area contributed by atoms with Crippen LogP contribution < -0.4 is 5.73 Å². The van der Waals surface area contributed by atoms with Crippen LogP contribution in [-0.4, -0.2) is 28.9 Å². The van der Waals surface area contributed by atoms with Crippen LogP contribution in [0.25, 0.3) is 0 Å². The third-order valence-corrected chi connectivity index (χ3v) is 3.84. The van der Waals surface area contributed by atoms with Crippen LogP contribution in [0.2, 0.25) is 0 Å². The molecule has 84 valence electrons. The van der Waals surface area contributed by atoms with Gasteiger partial charge in [0, 0.05) is 12.1 Å². The molecule has 3 rings (SSSR count). The second-order valence-electron chi connectivity index (χ2n) is 4.84. The zero-order valence-electron chi connectivity index (χ0n) is 9.23. The third kappa shape index (κ3) is 1.43. The Labute approximate surface area is 95.2 Å². The molecule has 2 fully saturated rings. The Bertz CT molecular complexity index is 411. The second kappa shape index (κ2) is 3.32. The molecule has 1 aliphatic heterocycles. The highest BCUT2D eigenvalue weighted by Crippen LogP contribution is 2.59. The first-order valence-electron chi connectivity index (χ1n) is 5.84. The van der Waals surface area contributed by atoms with Gasteiger partial charge in [0.15, 0.2) is 0 Å². The molecule has 1 aromatic carbocycles. The number of hydrogen-bond donors (Lipinski definition) is 1. The smallest absolute Gasteiger partial charge is 0.236 e. The monoisotopic (exact) mass is 216 g/mol.